The molecule has 0 amide bonds. The van der Waals surface area contributed by atoms with E-state index in [1.54, 1.807) is 24.3 Å². The first-order valence-corrected chi connectivity index (χ1v) is 8.92. The van der Waals surface area contributed by atoms with Crippen LogP contribution in [0.4, 0.5) is 5.69 Å². The van der Waals surface area contributed by atoms with E-state index >= 15 is 0 Å². The highest BCUT2D eigenvalue weighted by Crippen LogP contribution is 2.28. The summed E-state index contributed by atoms with van der Waals surface area (Å²) in [6.07, 6.45) is 0. The van der Waals surface area contributed by atoms with Crippen LogP contribution in [-0.2, 0) is 10.0 Å². The van der Waals surface area contributed by atoms with Gasteiger partial charge in [-0.3, -0.25) is 4.72 Å². The van der Waals surface area contributed by atoms with E-state index in [1.165, 1.54) is 0 Å². The number of rotatable bonds is 3. The first-order chi connectivity index (χ1) is 9.31. The lowest BCUT2D eigenvalue weighted by Gasteiger charge is -2.12. The fraction of sp³-hybridized carbons (Fsp3) is 0.143. The molecule has 2 aromatic carbocycles. The highest BCUT2D eigenvalue weighted by molar-refractivity contribution is 9.11. The quantitative estimate of drug-likeness (QED) is 0.789. The Morgan fingerprint density at radius 1 is 1.00 bits per heavy atom. The van der Waals surface area contributed by atoms with Crippen LogP contribution >= 0.6 is 31.9 Å². The van der Waals surface area contributed by atoms with Crippen molar-refractivity contribution >= 4 is 47.6 Å². The van der Waals surface area contributed by atoms with Gasteiger partial charge in [0, 0.05) is 8.95 Å². The number of benzene rings is 2. The smallest absolute Gasteiger partial charge is 0.261 e. The number of nitrogens with one attached hydrogen (secondary N) is 1. The molecular formula is C14H13Br2NO2S. The Labute approximate surface area is 135 Å². The van der Waals surface area contributed by atoms with Crippen LogP contribution in [0.25, 0.3) is 0 Å². The third-order valence-corrected chi connectivity index (χ3v) is 6.18. The van der Waals surface area contributed by atoms with Crippen LogP contribution in [0.15, 0.2) is 50.2 Å². The number of sulfonamides is 1. The van der Waals surface area contributed by atoms with Gasteiger partial charge in [-0.05, 0) is 65.2 Å². The molecular weight excluding hydrogens is 406 g/mol. The van der Waals surface area contributed by atoms with Gasteiger partial charge in [-0.25, -0.2) is 8.42 Å². The molecule has 6 heteroatoms. The van der Waals surface area contributed by atoms with Crippen LogP contribution in [0.3, 0.4) is 0 Å². The van der Waals surface area contributed by atoms with Gasteiger partial charge >= 0.3 is 0 Å². The molecule has 2 aromatic rings. The highest BCUT2D eigenvalue weighted by atomic mass is 79.9. The number of aryl methyl sites for hydroxylation is 2. The number of hydrogen-bond donors (Lipinski definition) is 1. The van der Waals surface area contributed by atoms with E-state index in [0.29, 0.717) is 5.69 Å². The molecule has 106 valence electrons. The van der Waals surface area contributed by atoms with E-state index in [9.17, 15) is 8.42 Å². The van der Waals surface area contributed by atoms with E-state index in [0.717, 1.165) is 20.1 Å². The maximum Gasteiger partial charge on any atom is 0.261 e. The summed E-state index contributed by atoms with van der Waals surface area (Å²) in [5.41, 5.74) is 2.37. The van der Waals surface area contributed by atoms with E-state index in [-0.39, 0.29) is 4.90 Å². The molecule has 0 unspecified atom stereocenters. The maximum atomic E-state index is 12.4. The summed E-state index contributed by atoms with van der Waals surface area (Å²) in [6, 6.07) is 10.4. The topological polar surface area (TPSA) is 46.2 Å². The molecule has 0 fully saturated rings. The van der Waals surface area contributed by atoms with Crippen molar-refractivity contribution in [2.75, 3.05) is 4.72 Å². The van der Waals surface area contributed by atoms with Crippen LogP contribution in [0, 0.1) is 13.8 Å². The predicted molar refractivity (Wildman–Crippen MR) is 88.6 cm³/mol. The molecule has 0 saturated heterocycles. The summed E-state index contributed by atoms with van der Waals surface area (Å²) < 4.78 is 29.0. The van der Waals surface area contributed by atoms with Crippen molar-refractivity contribution in [3.05, 3.63) is 56.5 Å². The van der Waals surface area contributed by atoms with Gasteiger partial charge in [0.2, 0.25) is 0 Å². The third kappa shape index (κ3) is 3.24. The fourth-order valence-electron chi connectivity index (χ4n) is 1.71. The van der Waals surface area contributed by atoms with E-state index in [2.05, 4.69) is 36.6 Å². The van der Waals surface area contributed by atoms with Crippen molar-refractivity contribution in [3.8, 4) is 0 Å². The summed E-state index contributed by atoms with van der Waals surface area (Å²) >= 11 is 6.76. The highest BCUT2D eigenvalue weighted by Gasteiger charge is 2.16. The van der Waals surface area contributed by atoms with Crippen molar-refractivity contribution in [2.45, 2.75) is 18.7 Å². The van der Waals surface area contributed by atoms with E-state index < -0.39 is 10.0 Å². The zero-order valence-electron chi connectivity index (χ0n) is 10.9. The van der Waals surface area contributed by atoms with Crippen molar-refractivity contribution < 1.29 is 8.42 Å². The second-order valence-corrected chi connectivity index (χ2v) is 7.78. The molecule has 0 atom stereocenters. The molecule has 0 aromatic heterocycles. The van der Waals surface area contributed by atoms with Gasteiger partial charge in [0.05, 0.1) is 10.6 Å². The van der Waals surface area contributed by atoms with Crippen LogP contribution in [0.1, 0.15) is 11.1 Å². The van der Waals surface area contributed by atoms with Gasteiger partial charge in [0.25, 0.3) is 10.0 Å². The van der Waals surface area contributed by atoms with Crippen molar-refractivity contribution in [3.63, 3.8) is 0 Å². The molecule has 1 N–H and O–H groups in total. The summed E-state index contributed by atoms with van der Waals surface area (Å²) in [4.78, 5) is 0.242. The Balaban J connectivity index is 2.41. The molecule has 2 rings (SSSR count). The van der Waals surface area contributed by atoms with Crippen LogP contribution in [0.2, 0.25) is 0 Å². The molecule has 0 radical (unpaired) electrons. The lowest BCUT2D eigenvalue weighted by Crippen LogP contribution is -2.13. The molecule has 0 aliphatic carbocycles. The minimum Gasteiger partial charge on any atom is -0.278 e. The monoisotopic (exact) mass is 417 g/mol. The Morgan fingerprint density at radius 2 is 1.70 bits per heavy atom. The second kappa shape index (κ2) is 5.87. The second-order valence-electron chi connectivity index (χ2n) is 4.45. The van der Waals surface area contributed by atoms with Crippen molar-refractivity contribution in [1.82, 2.24) is 0 Å². The summed E-state index contributed by atoms with van der Waals surface area (Å²) in [6.45, 7) is 3.76. The lowest BCUT2D eigenvalue weighted by atomic mass is 10.2. The molecule has 3 nitrogen and oxygen atoms in total. The standard InChI is InChI=1S/C14H13Br2NO2S/c1-9-4-3-5-13(14(9)16)17-20(18,19)11-6-7-12(15)10(2)8-11/h3-8,17H,1-2H3. The molecule has 0 heterocycles. The zero-order chi connectivity index (χ0) is 14.9. The van der Waals surface area contributed by atoms with Gasteiger partial charge in [-0.15, -0.1) is 0 Å². The fourth-order valence-corrected chi connectivity index (χ4v) is 3.61. The Kier molecular flexibility index (Phi) is 4.56. The minimum absolute atomic E-state index is 0.242. The third-order valence-electron chi connectivity index (χ3n) is 2.88. The molecule has 0 spiro atoms. The van der Waals surface area contributed by atoms with Gasteiger partial charge in [-0.2, -0.15) is 0 Å². The Bertz CT molecular complexity index is 758. The van der Waals surface area contributed by atoms with Crippen molar-refractivity contribution in [2.24, 2.45) is 0 Å². The first-order valence-electron chi connectivity index (χ1n) is 5.85. The van der Waals surface area contributed by atoms with Gasteiger partial charge < -0.3 is 0 Å². The number of anilines is 1. The molecule has 0 bridgehead atoms. The van der Waals surface area contributed by atoms with Gasteiger partial charge in [0.1, 0.15) is 0 Å². The predicted octanol–water partition coefficient (Wildman–Crippen LogP) is 4.63. The first kappa shape index (κ1) is 15.5. The van der Waals surface area contributed by atoms with Crippen LogP contribution < -0.4 is 4.72 Å². The number of hydrogen-bond acceptors (Lipinski definition) is 2. The van der Waals surface area contributed by atoms with Crippen molar-refractivity contribution in [1.29, 1.82) is 0 Å². The molecule has 0 saturated carbocycles. The molecule has 20 heavy (non-hydrogen) atoms. The zero-order valence-corrected chi connectivity index (χ0v) is 14.9. The normalized spacial score (nSPS) is 11.4. The van der Waals surface area contributed by atoms with Gasteiger partial charge in [0.15, 0.2) is 0 Å². The Hall–Kier alpha value is -0.850. The van der Waals surface area contributed by atoms with E-state index in [1.807, 2.05) is 26.0 Å². The van der Waals surface area contributed by atoms with E-state index in [4.69, 9.17) is 0 Å². The lowest BCUT2D eigenvalue weighted by molar-refractivity contribution is 0.601. The summed E-state index contributed by atoms with van der Waals surface area (Å²) in [7, 11) is -3.59. The summed E-state index contributed by atoms with van der Waals surface area (Å²) in [5.74, 6) is 0. The summed E-state index contributed by atoms with van der Waals surface area (Å²) in [5, 5.41) is 0. The molecule has 0 aliphatic heterocycles. The largest absolute Gasteiger partial charge is 0.278 e. The maximum absolute atomic E-state index is 12.4. The minimum atomic E-state index is -3.59. The van der Waals surface area contributed by atoms with Crippen LogP contribution in [-0.4, -0.2) is 8.42 Å². The average Bonchev–Trinajstić information content (AvgIpc) is 2.38. The van der Waals surface area contributed by atoms with Crippen LogP contribution in [0.5, 0.6) is 0 Å². The molecule has 0 aliphatic rings. The van der Waals surface area contributed by atoms with Gasteiger partial charge in [-0.1, -0.05) is 28.1 Å². The SMILES string of the molecule is Cc1cc(S(=O)(=O)Nc2cccc(C)c2Br)ccc1Br. The average molecular weight is 419 g/mol. The number of halogens is 2. The Morgan fingerprint density at radius 3 is 2.35 bits per heavy atom.